The van der Waals surface area contributed by atoms with Crippen molar-refractivity contribution in [2.24, 2.45) is 0 Å². The Balaban J connectivity index is 1.68. The van der Waals surface area contributed by atoms with Crippen LogP contribution < -0.4 is 15.0 Å². The molecule has 1 aromatic heterocycles. The van der Waals surface area contributed by atoms with E-state index in [1.807, 2.05) is 49.1 Å². The Kier molecular flexibility index (Phi) is 5.55. The number of hydrogen-bond donors (Lipinski definition) is 1. The highest BCUT2D eigenvalue weighted by atomic mass is 16.5. The van der Waals surface area contributed by atoms with Crippen LogP contribution in [0.3, 0.4) is 0 Å². The molecule has 0 spiro atoms. The monoisotopic (exact) mass is 355 g/mol. The maximum absolute atomic E-state index is 12.8. The lowest BCUT2D eigenvalue weighted by Crippen LogP contribution is -2.49. The van der Waals surface area contributed by atoms with E-state index >= 15 is 0 Å². The zero-order valence-corrected chi connectivity index (χ0v) is 15.5. The van der Waals surface area contributed by atoms with Crippen LogP contribution in [0.1, 0.15) is 23.1 Å². The molecule has 26 heavy (non-hydrogen) atoms. The van der Waals surface area contributed by atoms with E-state index in [-0.39, 0.29) is 5.91 Å². The van der Waals surface area contributed by atoms with E-state index in [9.17, 15) is 4.79 Å². The molecule has 2 aromatic rings. The molecule has 3 rings (SSSR count). The van der Waals surface area contributed by atoms with Gasteiger partial charge >= 0.3 is 0 Å². The summed E-state index contributed by atoms with van der Waals surface area (Å²) in [5.74, 6) is 3.10. The van der Waals surface area contributed by atoms with Gasteiger partial charge in [-0.05, 0) is 26.0 Å². The molecule has 1 aliphatic heterocycles. The number of nitrogens with one attached hydrogen (secondary N) is 1. The molecule has 2 heterocycles. The minimum atomic E-state index is 0.00862. The standard InChI is InChI=1S/C19H25N5O2/c1-4-20-17-13-18(22-14(2)21-17)23-9-11-24(12-10-23)19(25)15-7-5-6-8-16(15)26-3/h5-8,13H,4,9-12H2,1-3H3,(H,20,21,22). The first-order valence-corrected chi connectivity index (χ1v) is 8.89. The summed E-state index contributed by atoms with van der Waals surface area (Å²) in [6.45, 7) is 7.53. The van der Waals surface area contributed by atoms with Gasteiger partial charge < -0.3 is 19.9 Å². The van der Waals surface area contributed by atoms with Gasteiger partial charge in [-0.15, -0.1) is 0 Å². The highest BCUT2D eigenvalue weighted by Crippen LogP contribution is 2.22. The molecule has 1 saturated heterocycles. The fourth-order valence-electron chi connectivity index (χ4n) is 3.12. The number of ether oxygens (including phenoxy) is 1. The fourth-order valence-corrected chi connectivity index (χ4v) is 3.12. The number of aryl methyl sites for hydroxylation is 1. The number of hydrogen-bond acceptors (Lipinski definition) is 6. The Hall–Kier alpha value is -2.83. The molecule has 7 heteroatoms. The Morgan fingerprint density at radius 3 is 2.62 bits per heavy atom. The van der Waals surface area contributed by atoms with Crippen LogP contribution in [0, 0.1) is 6.92 Å². The van der Waals surface area contributed by atoms with Gasteiger partial charge in [-0.3, -0.25) is 4.79 Å². The first-order valence-electron chi connectivity index (χ1n) is 8.89. The second kappa shape index (κ2) is 8.03. The predicted molar refractivity (Wildman–Crippen MR) is 102 cm³/mol. The van der Waals surface area contributed by atoms with Gasteiger partial charge in [0.25, 0.3) is 5.91 Å². The number of methoxy groups -OCH3 is 1. The molecule has 0 saturated carbocycles. The van der Waals surface area contributed by atoms with Gasteiger partial charge in [0.05, 0.1) is 12.7 Å². The number of aromatic nitrogens is 2. The number of anilines is 2. The molecule has 1 fully saturated rings. The van der Waals surface area contributed by atoms with E-state index in [0.29, 0.717) is 24.4 Å². The lowest BCUT2D eigenvalue weighted by Gasteiger charge is -2.35. The first kappa shape index (κ1) is 18.0. The molecule has 1 aliphatic rings. The van der Waals surface area contributed by atoms with Crippen molar-refractivity contribution in [1.29, 1.82) is 0 Å². The molecule has 1 aromatic carbocycles. The van der Waals surface area contributed by atoms with E-state index in [1.165, 1.54) is 0 Å². The molecule has 0 bridgehead atoms. The minimum Gasteiger partial charge on any atom is -0.496 e. The largest absolute Gasteiger partial charge is 0.496 e. The lowest BCUT2D eigenvalue weighted by molar-refractivity contribution is 0.0743. The molecule has 7 nitrogen and oxygen atoms in total. The summed E-state index contributed by atoms with van der Waals surface area (Å²) < 4.78 is 5.32. The topological polar surface area (TPSA) is 70.6 Å². The Morgan fingerprint density at radius 2 is 1.92 bits per heavy atom. The van der Waals surface area contributed by atoms with Gasteiger partial charge in [-0.2, -0.15) is 0 Å². The summed E-state index contributed by atoms with van der Waals surface area (Å²) in [6.07, 6.45) is 0. The van der Waals surface area contributed by atoms with Gasteiger partial charge in [0.15, 0.2) is 0 Å². The average molecular weight is 355 g/mol. The molecule has 138 valence electrons. The molecule has 0 aliphatic carbocycles. The van der Waals surface area contributed by atoms with Crippen LogP contribution in [0.2, 0.25) is 0 Å². The Bertz CT molecular complexity index is 772. The number of benzene rings is 1. The van der Waals surface area contributed by atoms with Crippen LogP contribution in [0.5, 0.6) is 5.75 Å². The highest BCUT2D eigenvalue weighted by Gasteiger charge is 2.25. The van der Waals surface area contributed by atoms with Crippen LogP contribution >= 0.6 is 0 Å². The van der Waals surface area contributed by atoms with E-state index in [4.69, 9.17) is 4.74 Å². The number of carbonyl (C=O) groups excluding carboxylic acids is 1. The minimum absolute atomic E-state index is 0.00862. The van der Waals surface area contributed by atoms with Crippen LogP contribution in [-0.2, 0) is 0 Å². The van der Waals surface area contributed by atoms with Crippen molar-refractivity contribution >= 4 is 17.5 Å². The van der Waals surface area contributed by atoms with Crippen molar-refractivity contribution < 1.29 is 9.53 Å². The summed E-state index contributed by atoms with van der Waals surface area (Å²) >= 11 is 0. The van der Waals surface area contributed by atoms with Crippen molar-refractivity contribution in [1.82, 2.24) is 14.9 Å². The van der Waals surface area contributed by atoms with Crippen LogP contribution in [0.15, 0.2) is 30.3 Å². The van der Waals surface area contributed by atoms with Crippen molar-refractivity contribution in [2.75, 3.05) is 50.1 Å². The van der Waals surface area contributed by atoms with Gasteiger partial charge in [-0.25, -0.2) is 9.97 Å². The van der Waals surface area contributed by atoms with Crippen LogP contribution in [0.4, 0.5) is 11.6 Å². The van der Waals surface area contributed by atoms with E-state index in [1.54, 1.807) is 7.11 Å². The number of amides is 1. The third-order valence-corrected chi connectivity index (χ3v) is 4.41. The quantitative estimate of drug-likeness (QED) is 0.887. The van der Waals surface area contributed by atoms with Gasteiger partial charge in [0, 0.05) is 38.8 Å². The van der Waals surface area contributed by atoms with Gasteiger partial charge in [-0.1, -0.05) is 12.1 Å². The number of carbonyl (C=O) groups is 1. The summed E-state index contributed by atoms with van der Waals surface area (Å²) in [6, 6.07) is 9.32. The molecule has 0 atom stereocenters. The number of rotatable bonds is 5. The summed E-state index contributed by atoms with van der Waals surface area (Å²) in [7, 11) is 1.59. The van der Waals surface area contributed by atoms with Crippen molar-refractivity contribution in [3.05, 3.63) is 41.7 Å². The van der Waals surface area contributed by atoms with Gasteiger partial charge in [0.2, 0.25) is 0 Å². The number of para-hydroxylation sites is 1. The molecular weight excluding hydrogens is 330 g/mol. The van der Waals surface area contributed by atoms with Crippen molar-refractivity contribution in [2.45, 2.75) is 13.8 Å². The normalized spacial score (nSPS) is 14.3. The maximum Gasteiger partial charge on any atom is 0.257 e. The maximum atomic E-state index is 12.8. The molecule has 1 amide bonds. The van der Waals surface area contributed by atoms with Crippen molar-refractivity contribution in [3.63, 3.8) is 0 Å². The summed E-state index contributed by atoms with van der Waals surface area (Å²) in [5.41, 5.74) is 0.607. The molecular formula is C19H25N5O2. The van der Waals surface area contributed by atoms with E-state index in [0.717, 1.165) is 37.1 Å². The average Bonchev–Trinajstić information content (AvgIpc) is 2.67. The van der Waals surface area contributed by atoms with Crippen molar-refractivity contribution in [3.8, 4) is 5.75 Å². The van der Waals surface area contributed by atoms with Crippen LogP contribution in [-0.4, -0.2) is 60.6 Å². The smallest absolute Gasteiger partial charge is 0.257 e. The second-order valence-corrected chi connectivity index (χ2v) is 6.17. The van der Waals surface area contributed by atoms with E-state index < -0.39 is 0 Å². The molecule has 1 N–H and O–H groups in total. The molecule has 0 radical (unpaired) electrons. The third-order valence-electron chi connectivity index (χ3n) is 4.41. The molecule has 0 unspecified atom stereocenters. The zero-order chi connectivity index (χ0) is 18.5. The van der Waals surface area contributed by atoms with Crippen LogP contribution in [0.25, 0.3) is 0 Å². The summed E-state index contributed by atoms with van der Waals surface area (Å²) in [5, 5.41) is 3.23. The SMILES string of the molecule is CCNc1cc(N2CCN(C(=O)c3ccccc3OC)CC2)nc(C)n1. The zero-order valence-electron chi connectivity index (χ0n) is 15.5. The van der Waals surface area contributed by atoms with Gasteiger partial charge in [0.1, 0.15) is 23.2 Å². The fraction of sp³-hybridized carbons (Fsp3) is 0.421. The first-order chi connectivity index (χ1) is 12.6. The Morgan fingerprint density at radius 1 is 1.19 bits per heavy atom. The predicted octanol–water partition coefficient (Wildman–Crippen LogP) is 2.19. The number of piperazine rings is 1. The van der Waals surface area contributed by atoms with E-state index in [2.05, 4.69) is 20.2 Å². The highest BCUT2D eigenvalue weighted by molar-refractivity contribution is 5.97. The third kappa shape index (κ3) is 3.87. The number of nitrogens with zero attached hydrogens (tertiary/aromatic N) is 4. The lowest BCUT2D eigenvalue weighted by atomic mass is 10.1. The second-order valence-electron chi connectivity index (χ2n) is 6.17. The Labute approximate surface area is 154 Å². The summed E-state index contributed by atoms with van der Waals surface area (Å²) in [4.78, 5) is 25.8.